The van der Waals surface area contributed by atoms with Gasteiger partial charge in [0.1, 0.15) is 0 Å². The topological polar surface area (TPSA) is 46.4 Å². The van der Waals surface area contributed by atoms with Crippen LogP contribution in [0.4, 0.5) is 0 Å². The highest BCUT2D eigenvalue weighted by Crippen LogP contribution is 2.16. The Hall–Kier alpha value is -0.360. The summed E-state index contributed by atoms with van der Waals surface area (Å²) in [5, 5.41) is 6.57. The van der Waals surface area contributed by atoms with Gasteiger partial charge in [-0.15, -0.1) is 0 Å². The first-order chi connectivity index (χ1) is 7.34. The molecule has 0 radical (unpaired) electrons. The molecule has 1 heterocycles. The van der Waals surface area contributed by atoms with Crippen molar-refractivity contribution in [2.45, 2.75) is 6.54 Å². The van der Waals surface area contributed by atoms with E-state index in [-0.39, 0.29) is 0 Å². The molecule has 0 fully saturated rings. The predicted octanol–water partition coefficient (Wildman–Crippen LogP) is 1.37. The second-order valence-electron chi connectivity index (χ2n) is 3.14. The molecule has 0 aromatic carbocycles. The van der Waals surface area contributed by atoms with Crippen molar-refractivity contribution in [3.8, 4) is 0 Å². The van der Waals surface area contributed by atoms with Crippen molar-refractivity contribution in [2.24, 2.45) is 0 Å². The van der Waals surface area contributed by atoms with E-state index in [1.54, 1.807) is 13.4 Å². The average molecular weight is 277 g/mol. The molecule has 0 spiro atoms. The summed E-state index contributed by atoms with van der Waals surface area (Å²) in [6, 6.07) is 1.95. The highest BCUT2D eigenvalue weighted by atomic mass is 79.9. The maximum atomic E-state index is 5.12. The van der Waals surface area contributed by atoms with Crippen molar-refractivity contribution >= 4 is 15.9 Å². The minimum atomic E-state index is 0.757. The third-order valence-corrected chi connectivity index (χ3v) is 2.67. The minimum absolute atomic E-state index is 0.757. The second-order valence-corrected chi connectivity index (χ2v) is 3.86. The number of hydrogen-bond acceptors (Lipinski definition) is 4. The van der Waals surface area contributed by atoms with Gasteiger partial charge in [0.25, 0.3) is 0 Å². The Morgan fingerprint density at radius 1 is 1.33 bits per heavy atom. The molecule has 0 aliphatic carbocycles. The van der Waals surface area contributed by atoms with E-state index in [1.165, 1.54) is 0 Å². The zero-order chi connectivity index (χ0) is 10.9. The lowest BCUT2D eigenvalue weighted by Crippen LogP contribution is -2.29. The Kier molecular flexibility index (Phi) is 6.67. The van der Waals surface area contributed by atoms with Gasteiger partial charge in [-0.25, -0.2) is 0 Å². The van der Waals surface area contributed by atoms with Crippen LogP contribution < -0.4 is 10.6 Å². The van der Waals surface area contributed by atoms with Gasteiger partial charge >= 0.3 is 0 Å². The van der Waals surface area contributed by atoms with E-state index in [0.717, 1.165) is 43.0 Å². The van der Waals surface area contributed by atoms with Crippen LogP contribution in [-0.4, -0.2) is 33.4 Å². The lowest BCUT2D eigenvalue weighted by atomic mass is 10.3. The lowest BCUT2D eigenvalue weighted by Gasteiger charge is -2.05. The van der Waals surface area contributed by atoms with E-state index in [0.29, 0.717) is 0 Å². The lowest BCUT2D eigenvalue weighted by molar-refractivity contribution is 0.199. The minimum Gasteiger partial charge on any atom is -0.457 e. The van der Waals surface area contributed by atoms with E-state index in [1.807, 2.05) is 6.07 Å². The Labute approximate surface area is 98.5 Å². The summed E-state index contributed by atoms with van der Waals surface area (Å²) < 4.78 is 10.8. The van der Waals surface area contributed by atoms with Crippen LogP contribution in [0.25, 0.3) is 0 Å². The summed E-state index contributed by atoms with van der Waals surface area (Å²) >= 11 is 3.33. The molecule has 5 heteroatoms. The van der Waals surface area contributed by atoms with Crippen molar-refractivity contribution < 1.29 is 9.15 Å². The Balaban J connectivity index is 1.96. The Morgan fingerprint density at radius 2 is 2.13 bits per heavy atom. The largest absolute Gasteiger partial charge is 0.457 e. The quantitative estimate of drug-likeness (QED) is 0.704. The van der Waals surface area contributed by atoms with Gasteiger partial charge in [-0.3, -0.25) is 0 Å². The molecule has 2 N–H and O–H groups in total. The molecule has 1 aromatic heterocycles. The third kappa shape index (κ3) is 5.32. The molecule has 15 heavy (non-hydrogen) atoms. The van der Waals surface area contributed by atoms with E-state index in [2.05, 4.69) is 26.6 Å². The van der Waals surface area contributed by atoms with E-state index in [4.69, 9.17) is 9.15 Å². The van der Waals surface area contributed by atoms with Gasteiger partial charge < -0.3 is 19.8 Å². The van der Waals surface area contributed by atoms with Gasteiger partial charge in [0.15, 0.2) is 4.67 Å². The zero-order valence-electron chi connectivity index (χ0n) is 8.88. The van der Waals surface area contributed by atoms with Gasteiger partial charge in [0, 0.05) is 38.9 Å². The van der Waals surface area contributed by atoms with Gasteiger partial charge in [-0.05, 0) is 22.0 Å². The van der Waals surface area contributed by atoms with Crippen molar-refractivity contribution in [3.05, 3.63) is 22.6 Å². The molecule has 0 saturated carbocycles. The molecule has 0 atom stereocenters. The molecule has 0 saturated heterocycles. The predicted molar refractivity (Wildman–Crippen MR) is 62.9 cm³/mol. The number of furan rings is 1. The monoisotopic (exact) mass is 276 g/mol. The maximum Gasteiger partial charge on any atom is 0.173 e. The standard InChI is InChI=1S/C10H17BrN2O2/c1-14-7-5-12-3-4-13-8-9-2-6-15-10(9)11/h2,6,12-13H,3-5,7-8H2,1H3. The van der Waals surface area contributed by atoms with Crippen molar-refractivity contribution in [3.63, 3.8) is 0 Å². The summed E-state index contributed by atoms with van der Waals surface area (Å²) in [6.07, 6.45) is 1.68. The molecule has 0 aliphatic heterocycles. The van der Waals surface area contributed by atoms with Crippen molar-refractivity contribution in [1.29, 1.82) is 0 Å². The van der Waals surface area contributed by atoms with Crippen LogP contribution in [0.3, 0.4) is 0 Å². The molecular formula is C10H17BrN2O2. The molecule has 0 aliphatic rings. The summed E-state index contributed by atoms with van der Waals surface area (Å²) in [4.78, 5) is 0. The first-order valence-corrected chi connectivity index (χ1v) is 5.76. The van der Waals surface area contributed by atoms with Gasteiger partial charge in [0.2, 0.25) is 0 Å². The normalized spacial score (nSPS) is 10.8. The highest BCUT2D eigenvalue weighted by molar-refractivity contribution is 9.10. The number of methoxy groups -OCH3 is 1. The van der Waals surface area contributed by atoms with Crippen LogP contribution in [0.15, 0.2) is 21.4 Å². The fourth-order valence-corrected chi connectivity index (χ4v) is 1.52. The van der Waals surface area contributed by atoms with Crippen LogP contribution in [-0.2, 0) is 11.3 Å². The Bertz CT molecular complexity index is 266. The van der Waals surface area contributed by atoms with Gasteiger partial charge in [0.05, 0.1) is 12.9 Å². The number of hydrogen-bond donors (Lipinski definition) is 2. The smallest absolute Gasteiger partial charge is 0.173 e. The van der Waals surface area contributed by atoms with Crippen LogP contribution in [0.5, 0.6) is 0 Å². The maximum absolute atomic E-state index is 5.12. The number of halogens is 1. The van der Waals surface area contributed by atoms with Crippen LogP contribution in [0.1, 0.15) is 5.56 Å². The van der Waals surface area contributed by atoms with Crippen LogP contribution >= 0.6 is 15.9 Å². The van der Waals surface area contributed by atoms with E-state index in [9.17, 15) is 0 Å². The summed E-state index contributed by atoms with van der Waals surface area (Å²) in [5.74, 6) is 0. The molecule has 86 valence electrons. The van der Waals surface area contributed by atoms with E-state index >= 15 is 0 Å². The number of rotatable bonds is 8. The first kappa shape index (κ1) is 12.7. The van der Waals surface area contributed by atoms with Crippen LogP contribution in [0.2, 0.25) is 0 Å². The fraction of sp³-hybridized carbons (Fsp3) is 0.600. The molecule has 4 nitrogen and oxygen atoms in total. The summed E-state index contributed by atoms with van der Waals surface area (Å²) in [5.41, 5.74) is 1.15. The van der Waals surface area contributed by atoms with Gasteiger partial charge in [-0.2, -0.15) is 0 Å². The summed E-state index contributed by atoms with van der Waals surface area (Å²) in [7, 11) is 1.70. The molecule has 0 amide bonds. The van der Waals surface area contributed by atoms with E-state index < -0.39 is 0 Å². The molecule has 1 aromatic rings. The Morgan fingerprint density at radius 3 is 2.80 bits per heavy atom. The zero-order valence-corrected chi connectivity index (χ0v) is 10.5. The van der Waals surface area contributed by atoms with Crippen LogP contribution in [0, 0.1) is 0 Å². The fourth-order valence-electron chi connectivity index (χ4n) is 1.14. The summed E-state index contributed by atoms with van der Waals surface area (Å²) in [6.45, 7) is 4.35. The SMILES string of the molecule is COCCNCCNCc1ccoc1Br. The average Bonchev–Trinajstić information content (AvgIpc) is 2.63. The molecule has 0 unspecified atom stereocenters. The van der Waals surface area contributed by atoms with Crippen molar-refractivity contribution in [2.75, 3.05) is 33.4 Å². The number of nitrogens with one attached hydrogen (secondary N) is 2. The molecule has 0 bridgehead atoms. The highest BCUT2D eigenvalue weighted by Gasteiger charge is 2.00. The molecule has 1 rings (SSSR count). The first-order valence-electron chi connectivity index (χ1n) is 4.97. The third-order valence-electron chi connectivity index (χ3n) is 1.97. The second kappa shape index (κ2) is 7.87. The molecular weight excluding hydrogens is 260 g/mol. The van der Waals surface area contributed by atoms with Crippen molar-refractivity contribution in [1.82, 2.24) is 10.6 Å². The number of ether oxygens (including phenoxy) is 1. The van der Waals surface area contributed by atoms with Gasteiger partial charge in [-0.1, -0.05) is 0 Å².